The predicted molar refractivity (Wildman–Crippen MR) is 411 cm³/mol. The summed E-state index contributed by atoms with van der Waals surface area (Å²) in [6.45, 7) is 14.8. The van der Waals surface area contributed by atoms with E-state index in [9.17, 15) is 77.3 Å². The fourth-order valence-corrected chi connectivity index (χ4v) is 12.7. The minimum atomic E-state index is -1.72. The van der Waals surface area contributed by atoms with Crippen molar-refractivity contribution in [2.24, 2.45) is 45.9 Å². The Morgan fingerprint density at radius 2 is 1.06 bits per heavy atom. The minimum Gasteiger partial charge on any atom is -0.480 e. The molecule has 13 atom stereocenters. The molecule has 1 fully saturated rings. The van der Waals surface area contributed by atoms with Gasteiger partial charge in [-0.1, -0.05) is 73.6 Å². The van der Waals surface area contributed by atoms with Crippen LogP contribution >= 0.6 is 11.8 Å². The van der Waals surface area contributed by atoms with E-state index in [0.29, 0.717) is 35.5 Å². The first kappa shape index (κ1) is 90.9. The number of fused-ring (bicyclic) bond motifs is 1. The summed E-state index contributed by atoms with van der Waals surface area (Å²) in [4.78, 5) is 216. The van der Waals surface area contributed by atoms with Crippen LogP contribution in [0.4, 0.5) is 0 Å². The molecular weight excluding hydrogens is 1460 g/mol. The van der Waals surface area contributed by atoms with Gasteiger partial charge in [-0.3, -0.25) is 67.3 Å². The molecule has 111 heavy (non-hydrogen) atoms. The van der Waals surface area contributed by atoms with Gasteiger partial charge in [0.15, 0.2) is 5.96 Å². The summed E-state index contributed by atoms with van der Waals surface area (Å²) < 4.78 is 0. The van der Waals surface area contributed by atoms with Crippen LogP contribution in [0.15, 0.2) is 60.5 Å². The van der Waals surface area contributed by atoms with Gasteiger partial charge >= 0.3 is 5.97 Å². The van der Waals surface area contributed by atoms with Gasteiger partial charge in [0.25, 0.3) is 0 Å². The Morgan fingerprint density at radius 3 is 1.63 bits per heavy atom. The average molecular weight is 1570 g/mol. The van der Waals surface area contributed by atoms with Crippen molar-refractivity contribution in [3.05, 3.63) is 72.5 Å². The first-order valence-electron chi connectivity index (χ1n) is 37.1. The normalized spacial score (nSPS) is 16.0. The molecule has 1 aromatic carbocycles. The molecule has 13 amide bonds. The molecule has 0 unspecified atom stereocenters. The number of aliphatic hydroxyl groups excluding tert-OH is 1. The summed E-state index contributed by atoms with van der Waals surface area (Å²) in [5.41, 5.74) is 19.4. The van der Waals surface area contributed by atoms with Gasteiger partial charge in [0.1, 0.15) is 66.5 Å². The molecule has 23 N–H and O–H groups in total. The number of carbonyl (C=O) groups excluding carboxylic acids is 13. The first-order chi connectivity index (χ1) is 52.5. The number of aliphatic hydroxyl groups is 1. The maximum absolute atomic E-state index is 14.4. The van der Waals surface area contributed by atoms with Gasteiger partial charge in [0.05, 0.1) is 37.9 Å². The summed E-state index contributed by atoms with van der Waals surface area (Å²) in [5.74, 6) is -13.3. The van der Waals surface area contributed by atoms with Gasteiger partial charge in [-0.2, -0.15) is 11.8 Å². The topological polar surface area (TPSA) is 591 Å². The summed E-state index contributed by atoms with van der Waals surface area (Å²) >= 11 is 1.50. The number of carbonyl (C=O) groups is 14. The largest absolute Gasteiger partial charge is 0.480 e. The number of thioether (sulfide) groups is 1. The molecule has 1 aliphatic rings. The molecule has 3 aromatic heterocycles. The Morgan fingerprint density at radius 1 is 0.568 bits per heavy atom. The van der Waals surface area contributed by atoms with Crippen molar-refractivity contribution < 1.29 is 77.3 Å². The van der Waals surface area contributed by atoms with Gasteiger partial charge in [-0.05, 0) is 106 Å². The molecule has 0 bridgehead atoms. The number of aromatic amines is 3. The molecular formula is C72H112N22O16S. The van der Waals surface area contributed by atoms with Gasteiger partial charge in [-0.15, -0.1) is 0 Å². The van der Waals surface area contributed by atoms with Crippen molar-refractivity contribution in [1.29, 1.82) is 0 Å². The number of carboxylic acids is 1. The molecule has 0 aliphatic carbocycles. The second kappa shape index (κ2) is 44.8. The SMILES string of the molecule is CSCC[C@H](N)C(=O)N[C@@H](C)C(=O)N[C@@H](Cc1c[nH]c2ccccc12)C(=O)N[C@H](C(=O)N[C@@H](CC(C)C)C(=O)N[C@@H](CC(C)C)C(=O)NCC(=O)N[C@@H](CCCN=C(N)N)C(=O)N[C@H](C(=O)N[C@H](C(=O)NCC(=O)N[C@@H](Cc1cnc[nH]1)C(=O)N[C@@H](Cc1cnc[nH]1)C(=O)N1CCC[C@H]1C(=O)O)C(C)C)C(C)C)[C@@H](C)O. The number of aliphatic imine (C=N–C) groups is 1. The number of benzene rings is 1. The molecule has 4 heterocycles. The van der Waals surface area contributed by atoms with E-state index in [1.54, 1.807) is 73.7 Å². The Hall–Kier alpha value is -10.7. The van der Waals surface area contributed by atoms with Crippen LogP contribution < -0.4 is 81.0 Å². The fourth-order valence-electron chi connectivity index (χ4n) is 12.2. The number of hydrogen-bond donors (Lipinski definition) is 20. The van der Waals surface area contributed by atoms with Gasteiger partial charge in [0, 0.05) is 73.2 Å². The number of nitrogens with zero attached hydrogens (tertiary/aromatic N) is 4. The summed E-state index contributed by atoms with van der Waals surface area (Å²) in [5, 5.41) is 52.9. The van der Waals surface area contributed by atoms with Crippen LogP contribution in [0.2, 0.25) is 0 Å². The molecule has 39 heteroatoms. The molecule has 4 aromatic rings. The second-order valence-corrected chi connectivity index (χ2v) is 30.1. The van der Waals surface area contributed by atoms with E-state index in [2.05, 4.69) is 93.7 Å². The second-order valence-electron chi connectivity index (χ2n) is 29.1. The zero-order chi connectivity index (χ0) is 82.3. The fraction of sp³-hybridized carbons (Fsp3) is 0.597. The molecule has 1 aliphatic heterocycles. The molecule has 612 valence electrons. The Balaban J connectivity index is 1.24. The summed E-state index contributed by atoms with van der Waals surface area (Å²) in [6, 6.07) is -8.53. The number of aliphatic carboxylic acids is 1. The van der Waals surface area contributed by atoms with Crippen LogP contribution in [0.5, 0.6) is 0 Å². The number of aromatic nitrogens is 5. The van der Waals surface area contributed by atoms with Crippen molar-refractivity contribution in [3.8, 4) is 0 Å². The van der Waals surface area contributed by atoms with Crippen molar-refractivity contribution >= 4 is 111 Å². The maximum Gasteiger partial charge on any atom is 0.326 e. The van der Waals surface area contributed by atoms with Crippen LogP contribution in [0, 0.1) is 23.7 Å². The Labute approximate surface area is 648 Å². The Kier molecular flexibility index (Phi) is 36.7. The van der Waals surface area contributed by atoms with Crippen molar-refractivity contribution in [1.82, 2.24) is 93.6 Å². The highest BCUT2D eigenvalue weighted by Gasteiger charge is 2.41. The lowest BCUT2D eigenvalue weighted by Gasteiger charge is -2.29. The van der Waals surface area contributed by atoms with Crippen molar-refractivity contribution in [2.45, 2.75) is 212 Å². The number of likely N-dealkylation sites (tertiary alicyclic amines) is 1. The van der Waals surface area contributed by atoms with E-state index in [1.807, 2.05) is 18.4 Å². The summed E-state index contributed by atoms with van der Waals surface area (Å²) in [7, 11) is 0. The number of para-hydroxylation sites is 1. The number of amides is 13. The highest BCUT2D eigenvalue weighted by molar-refractivity contribution is 7.98. The number of nitrogens with one attached hydrogen (secondary N) is 15. The quantitative estimate of drug-likeness (QED) is 0.0117. The van der Waals surface area contributed by atoms with Gasteiger partial charge < -0.3 is 111 Å². The van der Waals surface area contributed by atoms with Crippen LogP contribution in [-0.4, -0.2) is 246 Å². The highest BCUT2D eigenvalue weighted by Crippen LogP contribution is 2.22. The number of imidazole rings is 2. The zero-order valence-corrected chi connectivity index (χ0v) is 65.5. The van der Waals surface area contributed by atoms with Crippen molar-refractivity contribution in [3.63, 3.8) is 0 Å². The monoisotopic (exact) mass is 1570 g/mol. The molecule has 0 spiro atoms. The lowest BCUT2D eigenvalue weighted by atomic mass is 9.99. The van der Waals surface area contributed by atoms with Crippen LogP contribution in [0.3, 0.4) is 0 Å². The third-order valence-corrected chi connectivity index (χ3v) is 18.8. The van der Waals surface area contributed by atoms with E-state index in [4.69, 9.17) is 17.2 Å². The third-order valence-electron chi connectivity index (χ3n) is 18.2. The number of guanidine groups is 1. The van der Waals surface area contributed by atoms with E-state index in [1.165, 1.54) is 55.6 Å². The number of carboxylic acid groups (broad SMARTS) is 1. The number of hydrogen-bond acceptors (Lipinski definition) is 20. The van der Waals surface area contributed by atoms with E-state index in [0.717, 1.165) is 10.9 Å². The number of nitrogens with two attached hydrogens (primary N) is 3. The molecule has 0 radical (unpaired) electrons. The van der Waals surface area contributed by atoms with Crippen molar-refractivity contribution in [2.75, 3.05) is 38.2 Å². The van der Waals surface area contributed by atoms with E-state index >= 15 is 0 Å². The molecule has 5 rings (SSSR count). The highest BCUT2D eigenvalue weighted by atomic mass is 32.2. The molecule has 1 saturated heterocycles. The summed E-state index contributed by atoms with van der Waals surface area (Å²) in [6.07, 6.45) is 8.10. The van der Waals surface area contributed by atoms with Crippen LogP contribution in [0.25, 0.3) is 10.9 Å². The number of H-pyrrole nitrogens is 3. The van der Waals surface area contributed by atoms with Crippen LogP contribution in [-0.2, 0) is 86.4 Å². The average Bonchev–Trinajstić information content (AvgIpc) is 1.72. The smallest absolute Gasteiger partial charge is 0.326 e. The molecule has 38 nitrogen and oxygen atoms in total. The Bertz CT molecular complexity index is 3830. The van der Waals surface area contributed by atoms with Gasteiger partial charge in [-0.25, -0.2) is 14.8 Å². The lowest BCUT2D eigenvalue weighted by Crippen LogP contribution is -2.62. The van der Waals surface area contributed by atoms with Gasteiger partial charge in [0.2, 0.25) is 76.8 Å². The predicted octanol–water partition coefficient (Wildman–Crippen LogP) is -3.26. The zero-order valence-electron chi connectivity index (χ0n) is 64.7. The maximum atomic E-state index is 14.4. The lowest BCUT2D eigenvalue weighted by molar-refractivity contribution is -0.149. The standard InChI is InChI=1S/C72H112N22O16S/c1-36(2)24-49(88-64(102)50(25-37(3)4)89-69(107)59(41(10)95)93-66(104)51(26-42-29-79-47-17-13-12-16-45(42)47)87-60(98)40(9)84-61(99)46(73)20-23-111-11)62(100)80-32-55(96)85-48(18-14-21-78-72(74)75)63(101)91-58(39(7)8)68(106)92-57(38(5)6)67(105)81-33-56(97)86-52(27-43-30-76-34-82-43)65(103)90-53(28-44-31-77-35-83-44)70(108)94-22-15-19-54(94)71(109)110/h12-13,16-17,29-31,34-41,46,48-54,57-59,79,95H,14-15,18-28,32-33,73H2,1-11H3,(H,76,82)(H,77,83)(H,80,100)(H,81,105)(H,84,99)(H,85,96)(H,86,97)(H,87,98)(H,88,102)(H,89,107)(H,90,103)(H,91,101)(H,92,106)(H,93,104)(H,109,110)(H4,74,75,78)/t40-,41+,46-,48-,49-,50-,51-,52-,53-,54-,57-,58-,59-/m0/s1. The molecule has 0 saturated carbocycles. The van der Waals surface area contributed by atoms with E-state index < -0.39 is 186 Å². The third kappa shape index (κ3) is 29.6. The number of rotatable bonds is 46. The minimum absolute atomic E-state index is 0.00523. The van der Waals surface area contributed by atoms with E-state index in [-0.39, 0.29) is 82.3 Å². The first-order valence-corrected chi connectivity index (χ1v) is 38.5. The van der Waals surface area contributed by atoms with Crippen LogP contribution in [0.1, 0.15) is 131 Å².